The zero-order valence-electron chi connectivity index (χ0n) is 16.6. The number of ether oxygens (including phenoxy) is 1. The van der Waals surface area contributed by atoms with E-state index in [2.05, 4.69) is 27.4 Å². The van der Waals surface area contributed by atoms with Crippen LogP contribution in [0.4, 0.5) is 11.4 Å². The number of hydrogen-bond acceptors (Lipinski definition) is 4. The summed E-state index contributed by atoms with van der Waals surface area (Å²) in [7, 11) is 1.64. The van der Waals surface area contributed by atoms with Crippen LogP contribution in [-0.4, -0.2) is 35.6 Å². The second kappa shape index (κ2) is 7.55. The average molecular weight is 398 g/mol. The quantitative estimate of drug-likeness (QED) is 0.521. The Kier molecular flexibility index (Phi) is 4.59. The van der Waals surface area contributed by atoms with Crippen LogP contribution >= 0.6 is 0 Å². The maximum absolute atomic E-state index is 13.0. The molecule has 1 unspecified atom stereocenters. The Labute approximate surface area is 174 Å². The number of aromatic amines is 1. The molecular weight excluding hydrogens is 376 g/mol. The van der Waals surface area contributed by atoms with Crippen molar-refractivity contribution in [1.29, 1.82) is 0 Å². The van der Waals surface area contributed by atoms with Crippen LogP contribution in [0.5, 0.6) is 5.75 Å². The van der Waals surface area contributed by atoms with Crippen LogP contribution < -0.4 is 15.0 Å². The number of amides is 1. The molecule has 0 aliphatic carbocycles. The SMILES string of the molecule is COc1cccc(NC2CCN(c3ccc(-c4ccnc5[nH]ccc45)cc3)C2=O)c1. The molecule has 150 valence electrons. The molecule has 2 aromatic carbocycles. The summed E-state index contributed by atoms with van der Waals surface area (Å²) < 4.78 is 5.26. The Morgan fingerprint density at radius 1 is 1.13 bits per heavy atom. The molecule has 4 aromatic rings. The van der Waals surface area contributed by atoms with E-state index in [1.807, 2.05) is 59.6 Å². The predicted molar refractivity (Wildman–Crippen MR) is 119 cm³/mol. The molecule has 1 atom stereocenters. The number of carbonyl (C=O) groups excluding carboxylic acids is 1. The van der Waals surface area contributed by atoms with Crippen LogP contribution in [0.15, 0.2) is 73.1 Å². The predicted octanol–water partition coefficient (Wildman–Crippen LogP) is 4.46. The lowest BCUT2D eigenvalue weighted by molar-refractivity contribution is -0.117. The largest absolute Gasteiger partial charge is 0.497 e. The van der Waals surface area contributed by atoms with Gasteiger partial charge in [0.15, 0.2) is 0 Å². The molecule has 0 bridgehead atoms. The first-order valence-electron chi connectivity index (χ1n) is 9.97. The van der Waals surface area contributed by atoms with Gasteiger partial charge in [0.05, 0.1) is 7.11 Å². The van der Waals surface area contributed by atoms with Crippen molar-refractivity contribution in [2.24, 2.45) is 0 Å². The number of carbonyl (C=O) groups is 1. The highest BCUT2D eigenvalue weighted by atomic mass is 16.5. The third-order valence-electron chi connectivity index (χ3n) is 5.57. The Balaban J connectivity index is 1.34. The molecule has 2 aromatic heterocycles. The van der Waals surface area contributed by atoms with Crippen molar-refractivity contribution in [3.63, 3.8) is 0 Å². The van der Waals surface area contributed by atoms with Gasteiger partial charge >= 0.3 is 0 Å². The summed E-state index contributed by atoms with van der Waals surface area (Å²) in [5.41, 5.74) is 4.90. The van der Waals surface area contributed by atoms with Crippen LogP contribution in [0.25, 0.3) is 22.2 Å². The minimum atomic E-state index is -0.239. The van der Waals surface area contributed by atoms with Crippen LogP contribution in [0.1, 0.15) is 6.42 Å². The number of nitrogens with one attached hydrogen (secondary N) is 2. The molecule has 2 N–H and O–H groups in total. The summed E-state index contributed by atoms with van der Waals surface area (Å²) in [4.78, 5) is 22.3. The lowest BCUT2D eigenvalue weighted by Gasteiger charge is -2.18. The van der Waals surface area contributed by atoms with Gasteiger partial charge < -0.3 is 19.9 Å². The van der Waals surface area contributed by atoms with Gasteiger partial charge in [-0.25, -0.2) is 4.98 Å². The van der Waals surface area contributed by atoms with E-state index in [0.29, 0.717) is 6.54 Å². The average Bonchev–Trinajstić information content (AvgIpc) is 3.41. The smallest absolute Gasteiger partial charge is 0.249 e. The zero-order chi connectivity index (χ0) is 20.5. The monoisotopic (exact) mass is 398 g/mol. The Morgan fingerprint density at radius 2 is 2.00 bits per heavy atom. The molecule has 1 aliphatic heterocycles. The number of benzene rings is 2. The minimum absolute atomic E-state index is 0.0857. The molecular formula is C24H22N4O2. The summed E-state index contributed by atoms with van der Waals surface area (Å²) in [6.45, 7) is 0.692. The first kappa shape index (κ1) is 18.2. The highest BCUT2D eigenvalue weighted by molar-refractivity contribution is 6.01. The van der Waals surface area contributed by atoms with Crippen LogP contribution in [0.2, 0.25) is 0 Å². The molecule has 1 saturated heterocycles. The molecule has 0 saturated carbocycles. The van der Waals surface area contributed by atoms with Gasteiger partial charge in [0.1, 0.15) is 17.4 Å². The van der Waals surface area contributed by atoms with Crippen molar-refractivity contribution in [3.8, 4) is 16.9 Å². The van der Waals surface area contributed by atoms with Gasteiger partial charge in [0.2, 0.25) is 5.91 Å². The summed E-state index contributed by atoms with van der Waals surface area (Å²) in [6.07, 6.45) is 4.46. The fourth-order valence-electron chi connectivity index (χ4n) is 4.02. The van der Waals surface area contributed by atoms with Crippen molar-refractivity contribution in [1.82, 2.24) is 9.97 Å². The fourth-order valence-corrected chi connectivity index (χ4v) is 4.02. The number of anilines is 2. The van der Waals surface area contributed by atoms with Crippen molar-refractivity contribution in [3.05, 3.63) is 73.1 Å². The van der Waals surface area contributed by atoms with E-state index < -0.39 is 0 Å². The number of fused-ring (bicyclic) bond motifs is 1. The maximum atomic E-state index is 13.0. The summed E-state index contributed by atoms with van der Waals surface area (Å²) in [5, 5.41) is 4.43. The number of methoxy groups -OCH3 is 1. The van der Waals surface area contributed by atoms with Crippen molar-refractivity contribution < 1.29 is 9.53 Å². The number of hydrogen-bond donors (Lipinski definition) is 2. The van der Waals surface area contributed by atoms with E-state index in [1.54, 1.807) is 13.3 Å². The number of pyridine rings is 1. The third-order valence-corrected chi connectivity index (χ3v) is 5.57. The first-order chi connectivity index (χ1) is 14.7. The topological polar surface area (TPSA) is 70.2 Å². The van der Waals surface area contributed by atoms with Gasteiger partial charge in [0, 0.05) is 41.8 Å². The van der Waals surface area contributed by atoms with Gasteiger partial charge in [-0.2, -0.15) is 0 Å². The normalized spacial score (nSPS) is 16.2. The molecule has 1 fully saturated rings. The second-order valence-corrected chi connectivity index (χ2v) is 7.35. The number of nitrogens with zero attached hydrogens (tertiary/aromatic N) is 2. The number of H-pyrrole nitrogens is 1. The first-order valence-corrected chi connectivity index (χ1v) is 9.97. The van der Waals surface area contributed by atoms with Gasteiger partial charge in [-0.05, 0) is 53.9 Å². The molecule has 0 radical (unpaired) electrons. The Hall–Kier alpha value is -3.80. The van der Waals surface area contributed by atoms with Crippen molar-refractivity contribution in [2.45, 2.75) is 12.5 Å². The lowest BCUT2D eigenvalue weighted by atomic mass is 10.0. The lowest BCUT2D eigenvalue weighted by Crippen LogP contribution is -2.33. The number of aromatic nitrogens is 2. The fraction of sp³-hybridized carbons (Fsp3) is 0.167. The zero-order valence-corrected chi connectivity index (χ0v) is 16.6. The highest BCUT2D eigenvalue weighted by Crippen LogP contribution is 2.30. The van der Waals surface area contributed by atoms with Gasteiger partial charge in [-0.3, -0.25) is 4.79 Å². The van der Waals surface area contributed by atoms with Crippen LogP contribution in [0, 0.1) is 0 Å². The van der Waals surface area contributed by atoms with E-state index in [-0.39, 0.29) is 11.9 Å². The maximum Gasteiger partial charge on any atom is 0.249 e. The van der Waals surface area contributed by atoms with E-state index in [0.717, 1.165) is 45.7 Å². The molecule has 30 heavy (non-hydrogen) atoms. The Bertz CT molecular complexity index is 1200. The molecule has 1 aliphatic rings. The van der Waals surface area contributed by atoms with E-state index >= 15 is 0 Å². The molecule has 0 spiro atoms. The minimum Gasteiger partial charge on any atom is -0.497 e. The molecule has 6 heteroatoms. The third kappa shape index (κ3) is 3.26. The van der Waals surface area contributed by atoms with Gasteiger partial charge in [-0.1, -0.05) is 18.2 Å². The second-order valence-electron chi connectivity index (χ2n) is 7.35. The summed E-state index contributed by atoms with van der Waals surface area (Å²) in [6, 6.07) is 19.6. The van der Waals surface area contributed by atoms with Crippen LogP contribution in [-0.2, 0) is 4.79 Å². The van der Waals surface area contributed by atoms with Gasteiger partial charge in [0.25, 0.3) is 0 Å². The molecule has 3 heterocycles. The molecule has 5 rings (SSSR count). The van der Waals surface area contributed by atoms with E-state index in [1.165, 1.54) is 0 Å². The molecule has 1 amide bonds. The highest BCUT2D eigenvalue weighted by Gasteiger charge is 2.32. The standard InChI is InChI=1S/C24H22N4O2/c1-30-19-4-2-3-17(15-19)27-22-11-14-28(24(22)29)18-7-5-16(6-8-18)20-9-12-25-23-21(20)10-13-26-23/h2-10,12-13,15,22,27H,11,14H2,1H3,(H,25,26). The molecule has 6 nitrogen and oxygen atoms in total. The summed E-state index contributed by atoms with van der Waals surface area (Å²) in [5.74, 6) is 0.855. The van der Waals surface area contributed by atoms with E-state index in [9.17, 15) is 4.79 Å². The van der Waals surface area contributed by atoms with Crippen molar-refractivity contribution >= 4 is 28.3 Å². The Morgan fingerprint density at radius 3 is 2.83 bits per heavy atom. The summed E-state index contributed by atoms with van der Waals surface area (Å²) >= 11 is 0. The van der Waals surface area contributed by atoms with Crippen molar-refractivity contribution in [2.75, 3.05) is 23.9 Å². The number of rotatable bonds is 5. The van der Waals surface area contributed by atoms with Crippen LogP contribution in [0.3, 0.4) is 0 Å². The van der Waals surface area contributed by atoms with E-state index in [4.69, 9.17) is 4.74 Å². The van der Waals surface area contributed by atoms with Gasteiger partial charge in [-0.15, -0.1) is 0 Å².